The van der Waals surface area contributed by atoms with Crippen molar-refractivity contribution in [2.45, 2.75) is 26.8 Å². The largest absolute Gasteiger partial charge is 0.438 e. The van der Waals surface area contributed by atoms with Crippen LogP contribution in [0.1, 0.15) is 29.2 Å². The Morgan fingerprint density at radius 3 is 2.46 bits per heavy atom. The van der Waals surface area contributed by atoms with E-state index >= 15 is 0 Å². The number of thiocarbonyl (C=S) groups is 1. The lowest BCUT2D eigenvalue weighted by molar-refractivity contribution is -0.122. The number of nitrogens with zero attached hydrogens (tertiary/aromatic N) is 3. The number of carbonyl (C=O) groups is 1. The lowest BCUT2D eigenvalue weighted by Crippen LogP contribution is -2.27. The third kappa shape index (κ3) is 5.05. The van der Waals surface area contributed by atoms with Crippen LogP contribution in [0.15, 0.2) is 76.6 Å². The number of thioether (sulfide) groups is 1. The predicted octanol–water partition coefficient (Wildman–Crippen LogP) is 5.90. The normalized spacial score (nSPS) is 14.7. The van der Waals surface area contributed by atoms with Crippen LogP contribution >= 0.6 is 24.0 Å². The van der Waals surface area contributed by atoms with Gasteiger partial charge in [-0.05, 0) is 66.4 Å². The Hall–Kier alpha value is -3.82. The first-order chi connectivity index (χ1) is 17.8. The molecule has 5 rings (SSSR count). The summed E-state index contributed by atoms with van der Waals surface area (Å²) >= 11 is 6.55. The molecule has 9 heteroatoms. The van der Waals surface area contributed by atoms with Gasteiger partial charge in [0.25, 0.3) is 11.5 Å². The van der Waals surface area contributed by atoms with Crippen molar-refractivity contribution < 1.29 is 13.9 Å². The number of hydrogen-bond donors (Lipinski definition) is 0. The molecule has 0 aliphatic carbocycles. The number of carbonyl (C=O) groups excluding carboxylic acids is 1. The fourth-order valence-corrected chi connectivity index (χ4v) is 5.17. The van der Waals surface area contributed by atoms with Crippen LogP contribution < -0.4 is 10.3 Å². The standard InChI is InChI=1S/C28H22FN3O3S2/c1-3-18-8-12-21(13-9-18)35-25-22(26(33)31-14-4-5-17(2)24(31)30-25)15-23-27(34)32(28(36)37-23)16-19-6-10-20(29)11-7-19/h4-15H,3,16H2,1-2H3/b23-15+. The fourth-order valence-electron chi connectivity index (χ4n) is 3.94. The van der Waals surface area contributed by atoms with Gasteiger partial charge in [-0.1, -0.05) is 61.2 Å². The maximum atomic E-state index is 13.6. The number of aromatic nitrogens is 2. The van der Waals surface area contributed by atoms with Crippen molar-refractivity contribution in [1.29, 1.82) is 0 Å². The number of fused-ring (bicyclic) bond motifs is 1. The molecule has 0 spiro atoms. The summed E-state index contributed by atoms with van der Waals surface area (Å²) in [6.07, 6.45) is 4.01. The molecule has 3 heterocycles. The first-order valence-corrected chi connectivity index (χ1v) is 12.8. The van der Waals surface area contributed by atoms with Gasteiger partial charge in [-0.25, -0.2) is 4.39 Å². The second-order valence-corrected chi connectivity index (χ2v) is 10.2. The van der Waals surface area contributed by atoms with Crippen LogP contribution in [0.25, 0.3) is 11.7 Å². The van der Waals surface area contributed by atoms with E-state index in [4.69, 9.17) is 17.0 Å². The van der Waals surface area contributed by atoms with Gasteiger partial charge in [-0.15, -0.1) is 0 Å². The summed E-state index contributed by atoms with van der Waals surface area (Å²) in [5.74, 6) is -0.0652. The van der Waals surface area contributed by atoms with Crippen molar-refractivity contribution in [1.82, 2.24) is 14.3 Å². The van der Waals surface area contributed by atoms with Gasteiger partial charge in [-0.2, -0.15) is 4.98 Å². The first-order valence-electron chi connectivity index (χ1n) is 11.6. The summed E-state index contributed by atoms with van der Waals surface area (Å²) in [5.41, 5.74) is 2.94. The number of halogens is 1. The summed E-state index contributed by atoms with van der Waals surface area (Å²) < 4.78 is 21.2. The molecular formula is C28H22FN3O3S2. The van der Waals surface area contributed by atoms with E-state index < -0.39 is 0 Å². The van der Waals surface area contributed by atoms with Crippen LogP contribution in [-0.2, 0) is 17.8 Å². The van der Waals surface area contributed by atoms with E-state index in [2.05, 4.69) is 11.9 Å². The van der Waals surface area contributed by atoms with Crippen molar-refractivity contribution in [2.75, 3.05) is 0 Å². The molecule has 1 fully saturated rings. The zero-order valence-corrected chi connectivity index (χ0v) is 21.7. The van der Waals surface area contributed by atoms with Crippen molar-refractivity contribution in [3.05, 3.63) is 110 Å². The summed E-state index contributed by atoms with van der Waals surface area (Å²) in [6.45, 7) is 4.13. The molecule has 37 heavy (non-hydrogen) atoms. The maximum Gasteiger partial charge on any atom is 0.269 e. The quantitative estimate of drug-likeness (QED) is 0.228. The molecule has 0 atom stereocenters. The average molecular weight is 532 g/mol. The minimum Gasteiger partial charge on any atom is -0.438 e. The third-order valence-electron chi connectivity index (χ3n) is 6.00. The number of ether oxygens (including phenoxy) is 1. The van der Waals surface area contributed by atoms with Crippen LogP contribution in [0.5, 0.6) is 11.6 Å². The number of amides is 1. The molecule has 4 aromatic rings. The summed E-state index contributed by atoms with van der Waals surface area (Å²) in [7, 11) is 0. The number of benzene rings is 2. The zero-order valence-electron chi connectivity index (χ0n) is 20.1. The fraction of sp³-hybridized carbons (Fsp3) is 0.143. The molecule has 2 aromatic carbocycles. The van der Waals surface area contributed by atoms with E-state index in [1.807, 2.05) is 37.3 Å². The molecule has 0 radical (unpaired) electrons. The van der Waals surface area contributed by atoms with Gasteiger partial charge in [0.2, 0.25) is 5.88 Å². The lowest BCUT2D eigenvalue weighted by Gasteiger charge is -2.14. The zero-order chi connectivity index (χ0) is 26.1. The van der Waals surface area contributed by atoms with Crippen LogP contribution in [-0.4, -0.2) is 24.5 Å². The number of hydrogen-bond acceptors (Lipinski definition) is 6. The van der Waals surface area contributed by atoms with E-state index in [-0.39, 0.29) is 40.2 Å². The van der Waals surface area contributed by atoms with E-state index in [0.29, 0.717) is 15.7 Å². The van der Waals surface area contributed by atoms with Gasteiger partial charge in [-0.3, -0.25) is 18.9 Å². The van der Waals surface area contributed by atoms with Crippen LogP contribution in [0.2, 0.25) is 0 Å². The molecular weight excluding hydrogens is 509 g/mol. The van der Waals surface area contributed by atoms with Gasteiger partial charge in [0, 0.05) is 6.20 Å². The molecule has 6 nitrogen and oxygen atoms in total. The molecule has 186 valence electrons. The van der Waals surface area contributed by atoms with E-state index in [0.717, 1.165) is 34.9 Å². The number of aryl methyl sites for hydroxylation is 2. The molecule has 1 aliphatic heterocycles. The van der Waals surface area contributed by atoms with Gasteiger partial charge < -0.3 is 4.74 Å². The monoisotopic (exact) mass is 531 g/mol. The molecule has 0 bridgehead atoms. The second-order valence-electron chi connectivity index (χ2n) is 8.51. The Morgan fingerprint density at radius 2 is 1.76 bits per heavy atom. The molecule has 2 aromatic heterocycles. The summed E-state index contributed by atoms with van der Waals surface area (Å²) in [4.78, 5) is 33.2. The molecule has 0 saturated carbocycles. The van der Waals surface area contributed by atoms with Crippen LogP contribution in [0.3, 0.4) is 0 Å². The Balaban J connectivity index is 1.56. The summed E-state index contributed by atoms with van der Waals surface area (Å²) in [6, 6.07) is 17.1. The number of pyridine rings is 1. The van der Waals surface area contributed by atoms with Crippen molar-refractivity contribution in [3.8, 4) is 11.6 Å². The number of rotatable bonds is 6. The maximum absolute atomic E-state index is 13.6. The SMILES string of the molecule is CCc1ccc(Oc2nc3c(C)cccn3c(=O)c2/C=C2/SC(=S)N(Cc3ccc(F)cc3)C2=O)cc1. The highest BCUT2D eigenvalue weighted by Gasteiger charge is 2.33. The van der Waals surface area contributed by atoms with Crippen molar-refractivity contribution in [2.24, 2.45) is 0 Å². The third-order valence-corrected chi connectivity index (χ3v) is 7.38. The van der Waals surface area contributed by atoms with Crippen molar-refractivity contribution >= 4 is 45.9 Å². The highest BCUT2D eigenvalue weighted by atomic mass is 32.2. The Kier molecular flexibility index (Phi) is 6.90. The van der Waals surface area contributed by atoms with Crippen molar-refractivity contribution in [3.63, 3.8) is 0 Å². The predicted molar refractivity (Wildman–Crippen MR) is 147 cm³/mol. The van der Waals surface area contributed by atoms with Gasteiger partial charge in [0.1, 0.15) is 27.1 Å². The highest BCUT2D eigenvalue weighted by molar-refractivity contribution is 8.26. The summed E-state index contributed by atoms with van der Waals surface area (Å²) in [5, 5.41) is 0. The van der Waals surface area contributed by atoms with Crippen LogP contribution in [0.4, 0.5) is 4.39 Å². The molecule has 0 N–H and O–H groups in total. The highest BCUT2D eigenvalue weighted by Crippen LogP contribution is 2.35. The minimum atomic E-state index is -0.363. The van der Waals surface area contributed by atoms with Gasteiger partial charge in [0.15, 0.2) is 0 Å². The van der Waals surface area contributed by atoms with E-state index in [1.165, 1.54) is 27.5 Å². The lowest BCUT2D eigenvalue weighted by atomic mass is 10.2. The topological polar surface area (TPSA) is 63.9 Å². The molecule has 0 unspecified atom stereocenters. The Bertz CT molecular complexity index is 1610. The van der Waals surface area contributed by atoms with E-state index in [1.54, 1.807) is 24.4 Å². The van der Waals surface area contributed by atoms with Gasteiger partial charge in [0.05, 0.1) is 11.4 Å². The molecule has 1 aliphatic rings. The first kappa shape index (κ1) is 24.9. The molecule has 1 amide bonds. The van der Waals surface area contributed by atoms with E-state index in [9.17, 15) is 14.0 Å². The van der Waals surface area contributed by atoms with Crippen LogP contribution in [0, 0.1) is 12.7 Å². The smallest absolute Gasteiger partial charge is 0.269 e. The Labute approximate surface area is 222 Å². The minimum absolute atomic E-state index is 0.104. The van der Waals surface area contributed by atoms with Gasteiger partial charge >= 0.3 is 0 Å². The molecule has 1 saturated heterocycles. The second kappa shape index (κ2) is 10.3. The Morgan fingerprint density at radius 1 is 1.05 bits per heavy atom. The average Bonchev–Trinajstić information content (AvgIpc) is 3.16.